The minimum Gasteiger partial charge on any atom is -0.309 e. The van der Waals surface area contributed by atoms with Crippen LogP contribution in [-0.4, -0.2) is 12.5 Å². The average Bonchev–Trinajstić information content (AvgIpc) is 2.48. The van der Waals surface area contributed by atoms with Gasteiger partial charge in [0.05, 0.1) is 0 Å². The summed E-state index contributed by atoms with van der Waals surface area (Å²) in [7, 11) is 0. The molecule has 2 nitrogen and oxygen atoms in total. The quantitative estimate of drug-likeness (QED) is 0.772. The van der Waals surface area contributed by atoms with Crippen LogP contribution in [0.4, 0.5) is 10.1 Å². The second-order valence-electron chi connectivity index (χ2n) is 4.36. The van der Waals surface area contributed by atoms with E-state index in [9.17, 15) is 9.18 Å². The van der Waals surface area contributed by atoms with Crippen molar-refractivity contribution >= 4 is 23.2 Å². The highest BCUT2D eigenvalue weighted by Crippen LogP contribution is 2.18. The van der Waals surface area contributed by atoms with Crippen molar-refractivity contribution in [3.63, 3.8) is 0 Å². The molecule has 0 unspecified atom stereocenters. The summed E-state index contributed by atoms with van der Waals surface area (Å²) < 4.78 is 13.3. The van der Waals surface area contributed by atoms with Crippen molar-refractivity contribution < 1.29 is 9.18 Å². The third-order valence-electron chi connectivity index (χ3n) is 3.04. The third kappa shape index (κ3) is 3.17. The Kier molecular flexibility index (Phi) is 4.74. The summed E-state index contributed by atoms with van der Waals surface area (Å²) >= 11 is 5.72. The molecule has 2 aromatic rings. The number of alkyl halides is 1. The molecular weight excluding hydrogens is 277 g/mol. The van der Waals surface area contributed by atoms with Crippen LogP contribution in [-0.2, 0) is 5.88 Å². The maximum atomic E-state index is 13.3. The monoisotopic (exact) mass is 291 g/mol. The number of nitrogens with zero attached hydrogens (tertiary/aromatic N) is 1. The van der Waals surface area contributed by atoms with E-state index < -0.39 is 0 Å². The second kappa shape index (κ2) is 6.53. The first kappa shape index (κ1) is 14.5. The van der Waals surface area contributed by atoms with Gasteiger partial charge in [-0.05, 0) is 42.8 Å². The van der Waals surface area contributed by atoms with Gasteiger partial charge < -0.3 is 4.90 Å². The SMILES string of the molecule is CCN(C(=O)c1ccc(CCl)cc1)c1cccc(F)c1. The molecule has 0 aliphatic rings. The highest BCUT2D eigenvalue weighted by atomic mass is 35.5. The van der Waals surface area contributed by atoms with Gasteiger partial charge in [0.25, 0.3) is 5.91 Å². The Morgan fingerprint density at radius 3 is 2.45 bits per heavy atom. The van der Waals surface area contributed by atoms with E-state index in [1.807, 2.05) is 19.1 Å². The fourth-order valence-corrected chi connectivity index (χ4v) is 2.16. The number of carbonyl (C=O) groups is 1. The Morgan fingerprint density at radius 2 is 1.90 bits per heavy atom. The molecule has 0 heterocycles. The van der Waals surface area contributed by atoms with Gasteiger partial charge in [-0.1, -0.05) is 18.2 Å². The van der Waals surface area contributed by atoms with Gasteiger partial charge in [0.2, 0.25) is 0 Å². The highest BCUT2D eigenvalue weighted by Gasteiger charge is 2.16. The normalized spacial score (nSPS) is 10.3. The molecule has 4 heteroatoms. The molecule has 2 aromatic carbocycles. The summed E-state index contributed by atoms with van der Waals surface area (Å²) in [4.78, 5) is 14.0. The van der Waals surface area contributed by atoms with Crippen LogP contribution < -0.4 is 4.90 Å². The molecule has 104 valence electrons. The van der Waals surface area contributed by atoms with Crippen molar-refractivity contribution in [1.82, 2.24) is 0 Å². The average molecular weight is 292 g/mol. The van der Waals surface area contributed by atoms with Gasteiger partial charge in [-0.3, -0.25) is 4.79 Å². The summed E-state index contributed by atoms with van der Waals surface area (Å²) in [6.07, 6.45) is 0. The number of amides is 1. The zero-order valence-corrected chi connectivity index (χ0v) is 11.9. The van der Waals surface area contributed by atoms with E-state index in [1.165, 1.54) is 12.1 Å². The maximum Gasteiger partial charge on any atom is 0.258 e. The van der Waals surface area contributed by atoms with Crippen LogP contribution in [0.15, 0.2) is 48.5 Å². The topological polar surface area (TPSA) is 20.3 Å². The molecule has 0 spiro atoms. The van der Waals surface area contributed by atoms with Gasteiger partial charge in [0, 0.05) is 23.7 Å². The third-order valence-corrected chi connectivity index (χ3v) is 3.35. The van der Waals surface area contributed by atoms with Crippen LogP contribution in [0.1, 0.15) is 22.8 Å². The first-order chi connectivity index (χ1) is 9.65. The molecule has 0 saturated carbocycles. The van der Waals surface area contributed by atoms with Gasteiger partial charge in [-0.25, -0.2) is 4.39 Å². The van der Waals surface area contributed by atoms with Crippen LogP contribution in [0.5, 0.6) is 0 Å². The van der Waals surface area contributed by atoms with Crippen LogP contribution in [0, 0.1) is 5.82 Å². The lowest BCUT2D eigenvalue weighted by Gasteiger charge is -2.21. The standard InChI is InChI=1S/C16H15ClFNO/c1-2-19(15-5-3-4-14(18)10-15)16(20)13-8-6-12(11-17)7-9-13/h3-10H,2,11H2,1H3. The number of carbonyl (C=O) groups excluding carboxylic acids is 1. The van der Waals surface area contributed by atoms with E-state index in [2.05, 4.69) is 0 Å². The molecule has 0 radical (unpaired) electrons. The van der Waals surface area contributed by atoms with Gasteiger partial charge in [0.15, 0.2) is 0 Å². The molecule has 0 saturated heterocycles. The van der Waals surface area contributed by atoms with Gasteiger partial charge in [-0.15, -0.1) is 11.6 Å². The lowest BCUT2D eigenvalue weighted by Crippen LogP contribution is -2.30. The Hall–Kier alpha value is -1.87. The predicted molar refractivity (Wildman–Crippen MR) is 79.7 cm³/mol. The Bertz CT molecular complexity index is 598. The van der Waals surface area contributed by atoms with E-state index in [4.69, 9.17) is 11.6 Å². The first-order valence-corrected chi connectivity index (χ1v) is 6.91. The zero-order chi connectivity index (χ0) is 14.5. The number of rotatable bonds is 4. The fourth-order valence-electron chi connectivity index (χ4n) is 1.98. The lowest BCUT2D eigenvalue weighted by molar-refractivity contribution is 0.0988. The summed E-state index contributed by atoms with van der Waals surface area (Å²) in [6.45, 7) is 2.33. The second-order valence-corrected chi connectivity index (χ2v) is 4.63. The molecule has 0 bridgehead atoms. The summed E-state index contributed by atoms with van der Waals surface area (Å²) in [5.74, 6) is -0.0963. The van der Waals surface area contributed by atoms with E-state index in [0.717, 1.165) is 5.56 Å². The number of benzene rings is 2. The Morgan fingerprint density at radius 1 is 1.20 bits per heavy atom. The van der Waals surface area contributed by atoms with Crippen LogP contribution in [0.25, 0.3) is 0 Å². The van der Waals surface area contributed by atoms with Crippen molar-refractivity contribution in [2.75, 3.05) is 11.4 Å². The number of halogens is 2. The molecule has 0 aromatic heterocycles. The van der Waals surface area contributed by atoms with Crippen molar-refractivity contribution in [1.29, 1.82) is 0 Å². The van der Waals surface area contributed by atoms with E-state index in [0.29, 0.717) is 23.7 Å². The Balaban J connectivity index is 2.28. The lowest BCUT2D eigenvalue weighted by atomic mass is 10.1. The number of hydrogen-bond acceptors (Lipinski definition) is 1. The maximum absolute atomic E-state index is 13.3. The molecular formula is C16H15ClFNO. The summed E-state index contributed by atoms with van der Waals surface area (Å²) in [5.41, 5.74) is 2.07. The van der Waals surface area contributed by atoms with Crippen molar-refractivity contribution in [2.45, 2.75) is 12.8 Å². The smallest absolute Gasteiger partial charge is 0.258 e. The fraction of sp³-hybridized carbons (Fsp3) is 0.188. The van der Waals surface area contributed by atoms with E-state index >= 15 is 0 Å². The van der Waals surface area contributed by atoms with Crippen LogP contribution >= 0.6 is 11.6 Å². The van der Waals surface area contributed by atoms with Crippen molar-refractivity contribution in [2.24, 2.45) is 0 Å². The van der Waals surface area contributed by atoms with Gasteiger partial charge in [0.1, 0.15) is 5.82 Å². The number of hydrogen-bond donors (Lipinski definition) is 0. The Labute approximate surface area is 122 Å². The zero-order valence-electron chi connectivity index (χ0n) is 11.1. The molecule has 0 aliphatic carbocycles. The predicted octanol–water partition coefficient (Wildman–Crippen LogP) is 4.23. The molecule has 1 amide bonds. The molecule has 0 aliphatic heterocycles. The molecule has 20 heavy (non-hydrogen) atoms. The molecule has 0 fully saturated rings. The van der Waals surface area contributed by atoms with E-state index in [1.54, 1.807) is 29.2 Å². The molecule has 0 N–H and O–H groups in total. The summed E-state index contributed by atoms with van der Waals surface area (Å²) in [6, 6.07) is 13.1. The number of anilines is 1. The van der Waals surface area contributed by atoms with Gasteiger partial charge >= 0.3 is 0 Å². The van der Waals surface area contributed by atoms with Crippen molar-refractivity contribution in [3.05, 3.63) is 65.5 Å². The van der Waals surface area contributed by atoms with E-state index in [-0.39, 0.29) is 11.7 Å². The summed E-state index contributed by atoms with van der Waals surface area (Å²) in [5, 5.41) is 0. The van der Waals surface area contributed by atoms with Gasteiger partial charge in [-0.2, -0.15) is 0 Å². The highest BCUT2D eigenvalue weighted by molar-refractivity contribution is 6.17. The molecule has 2 rings (SSSR count). The largest absolute Gasteiger partial charge is 0.309 e. The van der Waals surface area contributed by atoms with Crippen LogP contribution in [0.3, 0.4) is 0 Å². The van der Waals surface area contributed by atoms with Crippen molar-refractivity contribution in [3.8, 4) is 0 Å². The minimum atomic E-state index is -0.355. The minimum absolute atomic E-state index is 0.153. The molecule has 0 atom stereocenters. The first-order valence-electron chi connectivity index (χ1n) is 6.38. The van der Waals surface area contributed by atoms with Crippen LogP contribution in [0.2, 0.25) is 0 Å².